The SMILES string of the molecule is COc1ccc2cnc(Nc3ccc(F)c(C)c3)nc2c1C1CCCC1. The fourth-order valence-electron chi connectivity index (χ4n) is 3.80. The topological polar surface area (TPSA) is 47.0 Å². The molecule has 0 saturated heterocycles. The normalized spacial score (nSPS) is 14.7. The van der Waals surface area contributed by atoms with Crippen LogP contribution in [-0.2, 0) is 0 Å². The summed E-state index contributed by atoms with van der Waals surface area (Å²) in [7, 11) is 1.71. The summed E-state index contributed by atoms with van der Waals surface area (Å²) in [6.45, 7) is 1.74. The third-order valence-electron chi connectivity index (χ3n) is 5.15. The summed E-state index contributed by atoms with van der Waals surface area (Å²) in [5.74, 6) is 1.66. The Kier molecular flexibility index (Phi) is 4.45. The molecule has 1 saturated carbocycles. The summed E-state index contributed by atoms with van der Waals surface area (Å²) in [5, 5.41) is 4.20. The van der Waals surface area contributed by atoms with Crippen LogP contribution in [0.25, 0.3) is 10.9 Å². The molecule has 3 aromatic rings. The predicted molar refractivity (Wildman–Crippen MR) is 102 cm³/mol. The summed E-state index contributed by atoms with van der Waals surface area (Å²) in [5.41, 5.74) is 3.48. The van der Waals surface area contributed by atoms with Crippen molar-refractivity contribution in [3.05, 3.63) is 53.5 Å². The van der Waals surface area contributed by atoms with Crippen molar-refractivity contribution in [2.45, 2.75) is 38.5 Å². The van der Waals surface area contributed by atoms with E-state index in [-0.39, 0.29) is 5.82 Å². The number of rotatable bonds is 4. The third-order valence-corrected chi connectivity index (χ3v) is 5.15. The number of ether oxygens (including phenoxy) is 1. The highest BCUT2D eigenvalue weighted by molar-refractivity contribution is 5.85. The fraction of sp³-hybridized carbons (Fsp3) is 0.333. The lowest BCUT2D eigenvalue weighted by atomic mass is 9.94. The van der Waals surface area contributed by atoms with Gasteiger partial charge in [-0.1, -0.05) is 12.8 Å². The maximum atomic E-state index is 13.5. The molecule has 0 radical (unpaired) electrons. The van der Waals surface area contributed by atoms with Crippen molar-refractivity contribution >= 4 is 22.5 Å². The molecule has 5 heteroatoms. The Hall–Kier alpha value is -2.69. The zero-order valence-electron chi connectivity index (χ0n) is 15.1. The van der Waals surface area contributed by atoms with Crippen LogP contribution in [0.4, 0.5) is 16.0 Å². The van der Waals surface area contributed by atoms with Gasteiger partial charge >= 0.3 is 0 Å². The van der Waals surface area contributed by atoms with Crippen LogP contribution in [-0.4, -0.2) is 17.1 Å². The van der Waals surface area contributed by atoms with Gasteiger partial charge in [-0.3, -0.25) is 0 Å². The quantitative estimate of drug-likeness (QED) is 0.675. The van der Waals surface area contributed by atoms with Crippen molar-refractivity contribution in [2.24, 2.45) is 0 Å². The van der Waals surface area contributed by atoms with Crippen molar-refractivity contribution in [1.29, 1.82) is 0 Å². The summed E-state index contributed by atoms with van der Waals surface area (Å²) in [4.78, 5) is 9.20. The van der Waals surface area contributed by atoms with Gasteiger partial charge in [0.15, 0.2) is 0 Å². The summed E-state index contributed by atoms with van der Waals surface area (Å²) in [6.07, 6.45) is 6.65. The van der Waals surface area contributed by atoms with Gasteiger partial charge in [-0.25, -0.2) is 14.4 Å². The van der Waals surface area contributed by atoms with E-state index in [0.717, 1.165) is 22.3 Å². The summed E-state index contributed by atoms with van der Waals surface area (Å²) in [6, 6.07) is 8.91. The number of methoxy groups -OCH3 is 1. The number of fused-ring (bicyclic) bond motifs is 1. The Morgan fingerprint density at radius 2 is 1.96 bits per heavy atom. The first-order chi connectivity index (χ1) is 12.7. The average molecular weight is 351 g/mol. The van der Waals surface area contributed by atoms with Gasteiger partial charge in [-0.05, 0) is 61.6 Å². The van der Waals surface area contributed by atoms with Crippen molar-refractivity contribution < 1.29 is 9.13 Å². The zero-order chi connectivity index (χ0) is 18.1. The second kappa shape index (κ2) is 6.90. The minimum atomic E-state index is -0.219. The molecular weight excluding hydrogens is 329 g/mol. The fourth-order valence-corrected chi connectivity index (χ4v) is 3.80. The van der Waals surface area contributed by atoms with E-state index in [1.54, 1.807) is 26.2 Å². The highest BCUT2D eigenvalue weighted by atomic mass is 19.1. The first-order valence-corrected chi connectivity index (χ1v) is 9.02. The van der Waals surface area contributed by atoms with Crippen molar-refractivity contribution in [3.8, 4) is 5.75 Å². The van der Waals surface area contributed by atoms with Gasteiger partial charge in [-0.15, -0.1) is 0 Å². The minimum absolute atomic E-state index is 0.219. The van der Waals surface area contributed by atoms with Gasteiger partial charge in [0.25, 0.3) is 0 Å². The van der Waals surface area contributed by atoms with Crippen LogP contribution in [0.15, 0.2) is 36.5 Å². The molecule has 4 nitrogen and oxygen atoms in total. The second-order valence-electron chi connectivity index (χ2n) is 6.88. The second-order valence-corrected chi connectivity index (χ2v) is 6.88. The molecule has 1 aliphatic carbocycles. The lowest BCUT2D eigenvalue weighted by Gasteiger charge is -2.17. The zero-order valence-corrected chi connectivity index (χ0v) is 15.1. The smallest absolute Gasteiger partial charge is 0.227 e. The molecular formula is C21H22FN3O. The van der Waals surface area contributed by atoms with E-state index in [4.69, 9.17) is 9.72 Å². The number of benzene rings is 2. The minimum Gasteiger partial charge on any atom is -0.496 e. The molecule has 1 aromatic heterocycles. The number of anilines is 2. The Labute approximate surface area is 152 Å². The molecule has 134 valence electrons. The maximum absolute atomic E-state index is 13.5. The molecule has 0 unspecified atom stereocenters. The molecule has 2 aromatic carbocycles. The first kappa shape index (κ1) is 16.8. The van der Waals surface area contributed by atoms with Crippen LogP contribution in [0.3, 0.4) is 0 Å². The van der Waals surface area contributed by atoms with Gasteiger partial charge in [0.1, 0.15) is 11.6 Å². The molecule has 1 fully saturated rings. The van der Waals surface area contributed by atoms with Gasteiger partial charge in [0, 0.05) is 22.8 Å². The molecule has 1 heterocycles. The molecule has 0 bridgehead atoms. The molecule has 0 spiro atoms. The van der Waals surface area contributed by atoms with Gasteiger partial charge in [0.05, 0.1) is 12.6 Å². The van der Waals surface area contributed by atoms with Crippen LogP contribution in [0.5, 0.6) is 5.75 Å². The van der Waals surface area contributed by atoms with Crippen LogP contribution < -0.4 is 10.1 Å². The summed E-state index contributed by atoms with van der Waals surface area (Å²) < 4.78 is 19.1. The standard InChI is InChI=1S/C21H22FN3O/c1-13-11-16(8-9-17(13)22)24-21-23-12-15-7-10-18(26-2)19(20(15)25-21)14-5-3-4-6-14/h7-12,14H,3-6H2,1-2H3,(H,23,24,25). The van der Waals surface area contributed by atoms with Crippen LogP contribution in [0, 0.1) is 12.7 Å². The van der Waals surface area contributed by atoms with Crippen LogP contribution in [0.2, 0.25) is 0 Å². The molecule has 1 aliphatic rings. The molecule has 0 amide bonds. The van der Waals surface area contributed by atoms with Crippen molar-refractivity contribution in [3.63, 3.8) is 0 Å². The van der Waals surface area contributed by atoms with E-state index >= 15 is 0 Å². The highest BCUT2D eigenvalue weighted by Gasteiger charge is 2.24. The molecule has 1 N–H and O–H groups in total. The number of nitrogens with zero attached hydrogens (tertiary/aromatic N) is 2. The number of hydrogen-bond acceptors (Lipinski definition) is 4. The van der Waals surface area contributed by atoms with Crippen molar-refractivity contribution in [1.82, 2.24) is 9.97 Å². The molecule has 26 heavy (non-hydrogen) atoms. The van der Waals surface area contributed by atoms with E-state index in [1.807, 2.05) is 18.3 Å². The van der Waals surface area contributed by atoms with E-state index < -0.39 is 0 Å². The Balaban J connectivity index is 1.77. The largest absolute Gasteiger partial charge is 0.496 e. The lowest BCUT2D eigenvalue weighted by molar-refractivity contribution is 0.406. The Bertz CT molecular complexity index is 951. The van der Waals surface area contributed by atoms with Gasteiger partial charge in [0.2, 0.25) is 5.95 Å². The van der Waals surface area contributed by atoms with Crippen LogP contribution in [0.1, 0.15) is 42.7 Å². The number of aromatic nitrogens is 2. The summed E-state index contributed by atoms with van der Waals surface area (Å²) >= 11 is 0. The number of nitrogens with one attached hydrogen (secondary N) is 1. The van der Waals surface area contributed by atoms with E-state index in [2.05, 4.69) is 10.3 Å². The monoisotopic (exact) mass is 351 g/mol. The van der Waals surface area contributed by atoms with E-state index in [1.165, 1.54) is 37.3 Å². The van der Waals surface area contributed by atoms with Crippen LogP contribution >= 0.6 is 0 Å². The molecule has 4 rings (SSSR count). The number of hydrogen-bond donors (Lipinski definition) is 1. The maximum Gasteiger partial charge on any atom is 0.227 e. The Morgan fingerprint density at radius 3 is 2.69 bits per heavy atom. The number of halogens is 1. The predicted octanol–water partition coefficient (Wildman–Crippen LogP) is 5.49. The van der Waals surface area contributed by atoms with E-state index in [9.17, 15) is 4.39 Å². The van der Waals surface area contributed by atoms with Crippen molar-refractivity contribution in [2.75, 3.05) is 12.4 Å². The highest BCUT2D eigenvalue weighted by Crippen LogP contribution is 2.42. The molecule has 0 atom stereocenters. The Morgan fingerprint density at radius 1 is 1.15 bits per heavy atom. The van der Waals surface area contributed by atoms with Gasteiger partial charge in [-0.2, -0.15) is 0 Å². The van der Waals surface area contributed by atoms with E-state index in [0.29, 0.717) is 17.4 Å². The average Bonchev–Trinajstić information content (AvgIpc) is 3.18. The third kappa shape index (κ3) is 3.09. The van der Waals surface area contributed by atoms with Gasteiger partial charge < -0.3 is 10.1 Å². The molecule has 0 aliphatic heterocycles. The first-order valence-electron chi connectivity index (χ1n) is 9.02. The lowest BCUT2D eigenvalue weighted by Crippen LogP contribution is -2.03. The number of aryl methyl sites for hydroxylation is 1.